The third-order valence-corrected chi connectivity index (χ3v) is 2.69. The second-order valence-electron chi connectivity index (χ2n) is 3.08. The Hall–Kier alpha value is -0.880. The molecule has 0 bridgehead atoms. The standard InChI is InChI=1S/C7H12N4OS/c8-6-10-11-7(13-6)12-4-5-1-2-9-3-5/h5,9H,1-4H2,(H2,8,10). The van der Waals surface area contributed by atoms with Gasteiger partial charge in [0.05, 0.1) is 6.61 Å². The zero-order chi connectivity index (χ0) is 9.10. The van der Waals surface area contributed by atoms with E-state index in [-0.39, 0.29) is 0 Å². The van der Waals surface area contributed by atoms with E-state index < -0.39 is 0 Å². The van der Waals surface area contributed by atoms with Gasteiger partial charge in [0, 0.05) is 12.5 Å². The summed E-state index contributed by atoms with van der Waals surface area (Å²) < 4.78 is 5.44. The summed E-state index contributed by atoms with van der Waals surface area (Å²) in [6.45, 7) is 2.84. The lowest BCUT2D eigenvalue weighted by molar-refractivity contribution is 0.257. The first-order chi connectivity index (χ1) is 6.34. The summed E-state index contributed by atoms with van der Waals surface area (Å²) in [6.07, 6.45) is 1.17. The molecule has 0 aromatic carbocycles. The van der Waals surface area contributed by atoms with Crippen molar-refractivity contribution in [1.29, 1.82) is 0 Å². The molecule has 0 amide bonds. The SMILES string of the molecule is Nc1nnc(OCC2CCNC2)s1. The number of rotatable bonds is 3. The second kappa shape index (κ2) is 3.89. The molecule has 0 aliphatic carbocycles. The number of nitrogens with one attached hydrogen (secondary N) is 1. The first-order valence-electron chi connectivity index (χ1n) is 4.27. The quantitative estimate of drug-likeness (QED) is 0.724. The van der Waals surface area contributed by atoms with Crippen molar-refractivity contribution in [3.63, 3.8) is 0 Å². The van der Waals surface area contributed by atoms with Gasteiger partial charge >= 0.3 is 0 Å². The van der Waals surface area contributed by atoms with Crippen molar-refractivity contribution >= 4 is 16.5 Å². The normalized spacial score (nSPS) is 22.0. The predicted molar refractivity (Wildman–Crippen MR) is 50.8 cm³/mol. The molecule has 6 heteroatoms. The van der Waals surface area contributed by atoms with Crippen LogP contribution in [-0.2, 0) is 0 Å². The highest BCUT2D eigenvalue weighted by Crippen LogP contribution is 2.20. The van der Waals surface area contributed by atoms with Gasteiger partial charge in [-0.2, -0.15) is 0 Å². The monoisotopic (exact) mass is 200 g/mol. The minimum absolute atomic E-state index is 0.458. The van der Waals surface area contributed by atoms with E-state index in [0.717, 1.165) is 13.1 Å². The molecule has 0 spiro atoms. The first kappa shape index (κ1) is 8.71. The molecule has 5 nitrogen and oxygen atoms in total. The third-order valence-electron chi connectivity index (χ3n) is 2.03. The van der Waals surface area contributed by atoms with Crippen LogP contribution in [0.15, 0.2) is 0 Å². The highest BCUT2D eigenvalue weighted by atomic mass is 32.1. The van der Waals surface area contributed by atoms with Gasteiger partial charge < -0.3 is 15.8 Å². The summed E-state index contributed by atoms with van der Waals surface area (Å²) in [5, 5.41) is 11.8. The molecular formula is C7H12N4OS. The molecule has 72 valence electrons. The van der Waals surface area contributed by atoms with E-state index in [4.69, 9.17) is 10.5 Å². The van der Waals surface area contributed by atoms with Crippen molar-refractivity contribution in [3.05, 3.63) is 0 Å². The van der Waals surface area contributed by atoms with Crippen molar-refractivity contribution < 1.29 is 4.74 Å². The fraction of sp³-hybridized carbons (Fsp3) is 0.714. The predicted octanol–water partition coefficient (Wildman–Crippen LogP) is 0.109. The Labute approximate surface area is 80.3 Å². The topological polar surface area (TPSA) is 73.1 Å². The Kier molecular flexibility index (Phi) is 2.60. The van der Waals surface area contributed by atoms with Gasteiger partial charge in [-0.15, -0.1) is 5.10 Å². The van der Waals surface area contributed by atoms with Crippen LogP contribution in [0.2, 0.25) is 0 Å². The second-order valence-corrected chi connectivity index (χ2v) is 4.05. The Bertz CT molecular complexity index is 271. The molecule has 3 N–H and O–H groups in total. The van der Waals surface area contributed by atoms with Gasteiger partial charge in [-0.3, -0.25) is 0 Å². The molecule has 13 heavy (non-hydrogen) atoms. The maximum Gasteiger partial charge on any atom is 0.295 e. The summed E-state index contributed by atoms with van der Waals surface area (Å²) in [5.74, 6) is 0.602. The summed E-state index contributed by atoms with van der Waals surface area (Å²) in [4.78, 5) is 0. The zero-order valence-corrected chi connectivity index (χ0v) is 8.01. The van der Waals surface area contributed by atoms with E-state index >= 15 is 0 Å². The Morgan fingerprint density at radius 3 is 3.15 bits per heavy atom. The fourth-order valence-electron chi connectivity index (χ4n) is 1.32. The largest absolute Gasteiger partial charge is 0.469 e. The van der Waals surface area contributed by atoms with Crippen molar-refractivity contribution in [2.45, 2.75) is 6.42 Å². The van der Waals surface area contributed by atoms with Crippen molar-refractivity contribution in [2.24, 2.45) is 5.92 Å². The van der Waals surface area contributed by atoms with E-state index in [9.17, 15) is 0 Å². The third kappa shape index (κ3) is 2.28. The average Bonchev–Trinajstić information content (AvgIpc) is 2.71. The van der Waals surface area contributed by atoms with Crippen LogP contribution in [0.5, 0.6) is 5.19 Å². The van der Waals surface area contributed by atoms with Gasteiger partial charge in [0.15, 0.2) is 0 Å². The average molecular weight is 200 g/mol. The Balaban J connectivity index is 1.78. The van der Waals surface area contributed by atoms with Gasteiger partial charge in [0.2, 0.25) is 5.13 Å². The fourth-order valence-corrected chi connectivity index (χ4v) is 1.79. The van der Waals surface area contributed by atoms with Crippen LogP contribution in [0, 0.1) is 5.92 Å². The van der Waals surface area contributed by atoms with Gasteiger partial charge in [-0.05, 0) is 24.3 Å². The molecular weight excluding hydrogens is 188 g/mol. The number of nitrogens with zero attached hydrogens (tertiary/aromatic N) is 2. The summed E-state index contributed by atoms with van der Waals surface area (Å²) in [7, 11) is 0. The molecule has 2 heterocycles. The van der Waals surface area contributed by atoms with E-state index in [1.165, 1.54) is 17.8 Å². The molecule has 1 aliphatic heterocycles. The van der Waals surface area contributed by atoms with Crippen LogP contribution >= 0.6 is 11.3 Å². The van der Waals surface area contributed by atoms with Gasteiger partial charge in [0.25, 0.3) is 5.19 Å². The number of nitrogen functional groups attached to an aromatic ring is 1. The molecule has 0 saturated carbocycles. The maximum atomic E-state index is 5.44. The molecule has 1 fully saturated rings. The number of aromatic nitrogens is 2. The summed E-state index contributed by atoms with van der Waals surface area (Å²) in [6, 6.07) is 0. The first-order valence-corrected chi connectivity index (χ1v) is 5.09. The van der Waals surface area contributed by atoms with E-state index in [2.05, 4.69) is 15.5 Å². The number of hydrogen-bond acceptors (Lipinski definition) is 6. The van der Waals surface area contributed by atoms with Gasteiger partial charge in [-0.25, -0.2) is 0 Å². The molecule has 1 aromatic heterocycles. The summed E-state index contributed by atoms with van der Waals surface area (Å²) >= 11 is 1.28. The Morgan fingerprint density at radius 1 is 1.62 bits per heavy atom. The number of nitrogens with two attached hydrogens (primary N) is 1. The molecule has 1 saturated heterocycles. The van der Waals surface area contributed by atoms with Crippen LogP contribution in [0.4, 0.5) is 5.13 Å². The smallest absolute Gasteiger partial charge is 0.295 e. The molecule has 1 unspecified atom stereocenters. The van der Waals surface area contributed by atoms with E-state index in [1.54, 1.807) is 0 Å². The van der Waals surface area contributed by atoms with Gasteiger partial charge in [0.1, 0.15) is 0 Å². The lowest BCUT2D eigenvalue weighted by atomic mass is 10.1. The minimum atomic E-state index is 0.458. The molecule has 0 radical (unpaired) electrons. The highest BCUT2D eigenvalue weighted by molar-refractivity contribution is 7.16. The lowest BCUT2D eigenvalue weighted by Gasteiger charge is -2.06. The maximum absolute atomic E-state index is 5.44. The molecule has 1 aliphatic rings. The summed E-state index contributed by atoms with van der Waals surface area (Å²) in [5.41, 5.74) is 5.41. The molecule has 2 rings (SSSR count). The molecule has 1 atom stereocenters. The number of hydrogen-bond donors (Lipinski definition) is 2. The van der Waals surface area contributed by atoms with Crippen molar-refractivity contribution in [1.82, 2.24) is 15.5 Å². The zero-order valence-electron chi connectivity index (χ0n) is 7.19. The van der Waals surface area contributed by atoms with E-state index in [1.807, 2.05) is 0 Å². The van der Waals surface area contributed by atoms with Crippen LogP contribution in [-0.4, -0.2) is 29.9 Å². The number of anilines is 1. The van der Waals surface area contributed by atoms with Crippen LogP contribution in [0.3, 0.4) is 0 Å². The van der Waals surface area contributed by atoms with Crippen LogP contribution < -0.4 is 15.8 Å². The van der Waals surface area contributed by atoms with E-state index in [0.29, 0.717) is 22.9 Å². The van der Waals surface area contributed by atoms with Gasteiger partial charge in [-0.1, -0.05) is 5.10 Å². The van der Waals surface area contributed by atoms with Crippen molar-refractivity contribution in [2.75, 3.05) is 25.4 Å². The van der Waals surface area contributed by atoms with Crippen molar-refractivity contribution in [3.8, 4) is 5.19 Å². The highest BCUT2D eigenvalue weighted by Gasteiger charge is 2.15. The van der Waals surface area contributed by atoms with Crippen LogP contribution in [0.25, 0.3) is 0 Å². The molecule has 1 aromatic rings. The Morgan fingerprint density at radius 2 is 2.54 bits per heavy atom. The number of ether oxygens (including phenoxy) is 1. The minimum Gasteiger partial charge on any atom is -0.469 e. The van der Waals surface area contributed by atoms with Crippen LogP contribution in [0.1, 0.15) is 6.42 Å². The lowest BCUT2D eigenvalue weighted by Crippen LogP contribution is -2.15.